The lowest BCUT2D eigenvalue weighted by Crippen LogP contribution is -2.03. The highest BCUT2D eigenvalue weighted by Crippen LogP contribution is 2.24. The normalized spacial score (nSPS) is 10.4. The number of ether oxygens (including phenoxy) is 1. The summed E-state index contributed by atoms with van der Waals surface area (Å²) < 4.78 is 20.8. The summed E-state index contributed by atoms with van der Waals surface area (Å²) in [7, 11) is 1.56. The molecule has 0 spiro atoms. The van der Waals surface area contributed by atoms with E-state index in [-0.39, 0.29) is 5.82 Å². The molecule has 2 rings (SSSR count). The molecule has 0 aliphatic carbocycles. The van der Waals surface area contributed by atoms with Gasteiger partial charge in [0.25, 0.3) is 0 Å². The molecule has 0 bridgehead atoms. The second-order valence-electron chi connectivity index (χ2n) is 3.25. The number of hydrogen-bond acceptors (Lipinski definition) is 2. The monoisotopic (exact) mass is 284 g/mol. The Balaban J connectivity index is 2.27. The Morgan fingerprint density at radius 2 is 2.19 bits per heavy atom. The number of halogens is 2. The molecule has 0 N–H and O–H groups in total. The van der Waals surface area contributed by atoms with Crippen molar-refractivity contribution >= 4 is 15.9 Å². The van der Waals surface area contributed by atoms with E-state index in [0.29, 0.717) is 22.5 Å². The molecule has 1 aromatic carbocycles. The molecule has 0 aliphatic rings. The third-order valence-corrected chi connectivity index (χ3v) is 3.04. The maximum atomic E-state index is 13.4. The van der Waals surface area contributed by atoms with Crippen molar-refractivity contribution in [2.24, 2.45) is 0 Å². The van der Waals surface area contributed by atoms with E-state index in [1.807, 2.05) is 0 Å². The molecule has 0 amide bonds. The maximum absolute atomic E-state index is 13.4. The lowest BCUT2D eigenvalue weighted by atomic mass is 10.2. The van der Waals surface area contributed by atoms with Gasteiger partial charge in [-0.1, -0.05) is 18.2 Å². The molecular weight excluding hydrogens is 275 g/mol. The molecule has 2 aromatic rings. The van der Waals surface area contributed by atoms with Gasteiger partial charge in [0, 0.05) is 5.56 Å². The SMILES string of the molecule is COc1cnn(Cc2ccccc2F)c1Br. The Morgan fingerprint density at radius 3 is 2.81 bits per heavy atom. The van der Waals surface area contributed by atoms with Crippen molar-refractivity contribution in [2.45, 2.75) is 6.54 Å². The van der Waals surface area contributed by atoms with Crippen molar-refractivity contribution in [2.75, 3.05) is 7.11 Å². The summed E-state index contributed by atoms with van der Waals surface area (Å²) in [5, 5.41) is 4.10. The van der Waals surface area contributed by atoms with E-state index < -0.39 is 0 Å². The zero-order valence-electron chi connectivity index (χ0n) is 8.65. The number of nitrogens with zero attached hydrogens (tertiary/aromatic N) is 2. The van der Waals surface area contributed by atoms with Gasteiger partial charge in [-0.2, -0.15) is 5.10 Å². The van der Waals surface area contributed by atoms with Crippen molar-refractivity contribution in [1.29, 1.82) is 0 Å². The molecule has 84 valence electrons. The summed E-state index contributed by atoms with van der Waals surface area (Å²) in [5.74, 6) is 0.403. The zero-order chi connectivity index (χ0) is 11.5. The fourth-order valence-electron chi connectivity index (χ4n) is 1.39. The standard InChI is InChI=1S/C11H10BrFN2O/c1-16-10-6-14-15(11(10)12)7-8-4-2-3-5-9(8)13/h2-6H,7H2,1H3. The highest BCUT2D eigenvalue weighted by atomic mass is 79.9. The lowest BCUT2D eigenvalue weighted by molar-refractivity contribution is 0.410. The van der Waals surface area contributed by atoms with Crippen molar-refractivity contribution in [1.82, 2.24) is 9.78 Å². The summed E-state index contributed by atoms with van der Waals surface area (Å²) in [6.07, 6.45) is 1.59. The predicted molar refractivity (Wildman–Crippen MR) is 62.0 cm³/mol. The Kier molecular flexibility index (Phi) is 3.24. The molecule has 16 heavy (non-hydrogen) atoms. The van der Waals surface area contributed by atoms with E-state index in [2.05, 4.69) is 21.0 Å². The third kappa shape index (κ3) is 2.09. The first kappa shape index (κ1) is 11.1. The molecule has 0 aliphatic heterocycles. The first-order chi connectivity index (χ1) is 7.72. The first-order valence-electron chi connectivity index (χ1n) is 4.71. The van der Waals surface area contributed by atoms with E-state index in [0.717, 1.165) is 0 Å². The van der Waals surface area contributed by atoms with Crippen LogP contribution in [0, 0.1) is 5.82 Å². The molecule has 0 saturated heterocycles. The van der Waals surface area contributed by atoms with Crippen LogP contribution in [0.5, 0.6) is 5.75 Å². The molecular formula is C11H10BrFN2O. The average molecular weight is 285 g/mol. The van der Waals surface area contributed by atoms with Gasteiger partial charge in [-0.05, 0) is 22.0 Å². The minimum Gasteiger partial charge on any atom is -0.492 e. The second-order valence-corrected chi connectivity index (χ2v) is 4.00. The highest BCUT2D eigenvalue weighted by Gasteiger charge is 2.09. The van der Waals surface area contributed by atoms with E-state index in [1.54, 1.807) is 36.2 Å². The van der Waals surface area contributed by atoms with Gasteiger partial charge in [-0.3, -0.25) is 4.68 Å². The number of aromatic nitrogens is 2. The zero-order valence-corrected chi connectivity index (χ0v) is 10.2. The second kappa shape index (κ2) is 4.65. The van der Waals surface area contributed by atoms with Crippen LogP contribution >= 0.6 is 15.9 Å². The van der Waals surface area contributed by atoms with Crippen LogP contribution in [0.25, 0.3) is 0 Å². The van der Waals surface area contributed by atoms with Crippen LogP contribution in [0.1, 0.15) is 5.56 Å². The minimum atomic E-state index is -0.233. The largest absolute Gasteiger partial charge is 0.492 e. The predicted octanol–water partition coefficient (Wildman–Crippen LogP) is 2.84. The van der Waals surface area contributed by atoms with Gasteiger partial charge in [0.15, 0.2) is 5.75 Å². The van der Waals surface area contributed by atoms with Crippen LogP contribution in [-0.4, -0.2) is 16.9 Å². The molecule has 1 aromatic heterocycles. The fraction of sp³-hybridized carbons (Fsp3) is 0.182. The average Bonchev–Trinajstić information content (AvgIpc) is 2.63. The van der Waals surface area contributed by atoms with Gasteiger partial charge in [0.1, 0.15) is 10.4 Å². The van der Waals surface area contributed by atoms with Crippen LogP contribution in [0.4, 0.5) is 4.39 Å². The van der Waals surface area contributed by atoms with Gasteiger partial charge in [-0.25, -0.2) is 4.39 Å². The molecule has 0 atom stereocenters. The van der Waals surface area contributed by atoms with Crippen LogP contribution in [0.2, 0.25) is 0 Å². The molecule has 0 saturated carbocycles. The van der Waals surface area contributed by atoms with Crippen LogP contribution in [0.3, 0.4) is 0 Å². The summed E-state index contributed by atoms with van der Waals surface area (Å²) in [6, 6.07) is 6.63. The van der Waals surface area contributed by atoms with Crippen molar-refractivity contribution < 1.29 is 9.13 Å². The molecule has 5 heteroatoms. The fourth-order valence-corrected chi connectivity index (χ4v) is 1.87. The van der Waals surface area contributed by atoms with Crippen LogP contribution in [-0.2, 0) is 6.54 Å². The molecule has 0 radical (unpaired) electrons. The Hall–Kier alpha value is -1.36. The minimum absolute atomic E-state index is 0.233. The van der Waals surface area contributed by atoms with Gasteiger partial charge >= 0.3 is 0 Å². The molecule has 0 unspecified atom stereocenters. The first-order valence-corrected chi connectivity index (χ1v) is 5.50. The number of methoxy groups -OCH3 is 1. The Morgan fingerprint density at radius 1 is 1.44 bits per heavy atom. The van der Waals surface area contributed by atoms with Crippen molar-refractivity contribution in [3.63, 3.8) is 0 Å². The smallest absolute Gasteiger partial charge is 0.171 e. The number of rotatable bonds is 3. The van der Waals surface area contributed by atoms with Crippen LogP contribution < -0.4 is 4.74 Å². The quantitative estimate of drug-likeness (QED) is 0.867. The van der Waals surface area contributed by atoms with E-state index in [9.17, 15) is 4.39 Å². The summed E-state index contributed by atoms with van der Waals surface area (Å²) in [6.45, 7) is 0.372. The van der Waals surface area contributed by atoms with Crippen molar-refractivity contribution in [3.05, 3.63) is 46.4 Å². The molecule has 0 fully saturated rings. The van der Waals surface area contributed by atoms with E-state index in [4.69, 9.17) is 4.74 Å². The Labute approximate surface area is 101 Å². The Bertz CT molecular complexity index is 498. The third-order valence-electron chi connectivity index (χ3n) is 2.24. The van der Waals surface area contributed by atoms with Gasteiger partial charge < -0.3 is 4.74 Å². The lowest BCUT2D eigenvalue weighted by Gasteiger charge is -2.05. The van der Waals surface area contributed by atoms with Crippen LogP contribution in [0.15, 0.2) is 35.1 Å². The van der Waals surface area contributed by atoms with Gasteiger partial charge in [0.05, 0.1) is 19.9 Å². The van der Waals surface area contributed by atoms with Gasteiger partial charge in [-0.15, -0.1) is 0 Å². The maximum Gasteiger partial charge on any atom is 0.171 e. The highest BCUT2D eigenvalue weighted by molar-refractivity contribution is 9.10. The summed E-state index contributed by atoms with van der Waals surface area (Å²) >= 11 is 3.35. The summed E-state index contributed by atoms with van der Waals surface area (Å²) in [5.41, 5.74) is 0.592. The van der Waals surface area contributed by atoms with E-state index in [1.165, 1.54) is 6.07 Å². The number of benzene rings is 1. The van der Waals surface area contributed by atoms with Gasteiger partial charge in [0.2, 0.25) is 0 Å². The number of hydrogen-bond donors (Lipinski definition) is 0. The summed E-state index contributed by atoms with van der Waals surface area (Å²) in [4.78, 5) is 0. The van der Waals surface area contributed by atoms with E-state index >= 15 is 0 Å². The van der Waals surface area contributed by atoms with Crippen molar-refractivity contribution in [3.8, 4) is 5.75 Å². The molecule has 1 heterocycles. The molecule has 3 nitrogen and oxygen atoms in total. The topological polar surface area (TPSA) is 27.1 Å².